The van der Waals surface area contributed by atoms with Gasteiger partial charge in [-0.25, -0.2) is 8.42 Å². The van der Waals surface area contributed by atoms with Gasteiger partial charge in [0, 0.05) is 5.71 Å². The van der Waals surface area contributed by atoms with E-state index in [9.17, 15) is 8.42 Å². The van der Waals surface area contributed by atoms with E-state index in [2.05, 4.69) is 11.3 Å². The minimum absolute atomic E-state index is 0.202. The smallest absolute Gasteiger partial charge is 0.205 e. The molecule has 0 aromatic heterocycles. The molecule has 0 fully saturated rings. The van der Waals surface area contributed by atoms with E-state index in [1.165, 1.54) is 38.5 Å². The predicted octanol–water partition coefficient (Wildman–Crippen LogP) is 4.33. The first kappa shape index (κ1) is 17.6. The summed E-state index contributed by atoms with van der Waals surface area (Å²) in [6.07, 6.45) is 10.7. The van der Waals surface area contributed by atoms with Gasteiger partial charge in [0.1, 0.15) is 0 Å². The van der Waals surface area contributed by atoms with Crippen LogP contribution in [0, 0.1) is 0 Å². The largest absolute Gasteiger partial charge is 0.253 e. The van der Waals surface area contributed by atoms with Crippen molar-refractivity contribution in [2.24, 2.45) is 4.40 Å². The molecule has 0 rings (SSSR count). The number of hydrogen-bond acceptors (Lipinski definition) is 2. The molecule has 0 saturated carbocycles. The van der Waals surface area contributed by atoms with Gasteiger partial charge in [0.2, 0.25) is 0 Å². The Labute approximate surface area is 113 Å². The van der Waals surface area contributed by atoms with Gasteiger partial charge >= 0.3 is 0 Å². The van der Waals surface area contributed by atoms with E-state index >= 15 is 0 Å². The topological polar surface area (TPSA) is 46.5 Å². The van der Waals surface area contributed by atoms with Gasteiger partial charge in [-0.2, -0.15) is 4.40 Å². The van der Waals surface area contributed by atoms with Crippen molar-refractivity contribution in [2.45, 2.75) is 78.6 Å². The molecule has 0 radical (unpaired) electrons. The van der Waals surface area contributed by atoms with Crippen molar-refractivity contribution in [1.82, 2.24) is 0 Å². The SMILES string of the molecule is CCCCCCCCCCCS(=O)(=O)N=C(C)C. The minimum atomic E-state index is -3.20. The Morgan fingerprint density at radius 3 is 1.72 bits per heavy atom. The number of sulfonamides is 1. The van der Waals surface area contributed by atoms with E-state index in [-0.39, 0.29) is 5.75 Å². The van der Waals surface area contributed by atoms with Crippen molar-refractivity contribution in [1.29, 1.82) is 0 Å². The van der Waals surface area contributed by atoms with E-state index in [1.54, 1.807) is 13.8 Å². The molecule has 0 spiro atoms. The normalized spacial score (nSPS) is 11.5. The summed E-state index contributed by atoms with van der Waals surface area (Å²) in [6, 6.07) is 0. The van der Waals surface area contributed by atoms with Gasteiger partial charge in [0.05, 0.1) is 5.75 Å². The molecule has 0 amide bonds. The van der Waals surface area contributed by atoms with Crippen molar-refractivity contribution >= 4 is 15.7 Å². The lowest BCUT2D eigenvalue weighted by atomic mass is 10.1. The average Bonchev–Trinajstić information content (AvgIpc) is 2.25. The second-order valence-electron chi connectivity index (χ2n) is 5.15. The maximum Gasteiger partial charge on any atom is 0.253 e. The Morgan fingerprint density at radius 1 is 0.833 bits per heavy atom. The molecule has 108 valence electrons. The highest BCUT2D eigenvalue weighted by molar-refractivity contribution is 7.90. The Bertz CT molecular complexity index is 317. The van der Waals surface area contributed by atoms with Crippen LogP contribution >= 0.6 is 0 Å². The van der Waals surface area contributed by atoms with Gasteiger partial charge in [-0.1, -0.05) is 58.3 Å². The van der Waals surface area contributed by atoms with Gasteiger partial charge in [0.15, 0.2) is 0 Å². The van der Waals surface area contributed by atoms with Crippen LogP contribution in [0.25, 0.3) is 0 Å². The molecule has 0 heterocycles. The van der Waals surface area contributed by atoms with Crippen LogP contribution in [-0.4, -0.2) is 19.9 Å². The lowest BCUT2D eigenvalue weighted by Gasteiger charge is -2.02. The van der Waals surface area contributed by atoms with E-state index in [4.69, 9.17) is 0 Å². The molecule has 0 atom stereocenters. The summed E-state index contributed by atoms with van der Waals surface area (Å²) in [6.45, 7) is 5.66. The molecule has 3 nitrogen and oxygen atoms in total. The fraction of sp³-hybridized carbons (Fsp3) is 0.929. The van der Waals surface area contributed by atoms with Gasteiger partial charge in [-0.3, -0.25) is 0 Å². The molecule has 0 N–H and O–H groups in total. The van der Waals surface area contributed by atoms with E-state index in [0.29, 0.717) is 5.71 Å². The Balaban J connectivity index is 3.43. The van der Waals surface area contributed by atoms with Crippen LogP contribution in [0.1, 0.15) is 78.6 Å². The first-order chi connectivity index (χ1) is 8.48. The summed E-state index contributed by atoms with van der Waals surface area (Å²) in [5, 5.41) is 0. The van der Waals surface area contributed by atoms with Crippen LogP contribution in [0.15, 0.2) is 4.40 Å². The van der Waals surface area contributed by atoms with E-state index < -0.39 is 10.0 Å². The Kier molecular flexibility index (Phi) is 10.3. The van der Waals surface area contributed by atoms with Crippen LogP contribution in [-0.2, 0) is 10.0 Å². The third-order valence-corrected chi connectivity index (χ3v) is 4.28. The summed E-state index contributed by atoms with van der Waals surface area (Å²) < 4.78 is 26.6. The standard InChI is InChI=1S/C14H29NO2S/c1-4-5-6-7-8-9-10-11-12-13-18(16,17)15-14(2)3/h4-13H2,1-3H3. The lowest BCUT2D eigenvalue weighted by molar-refractivity contribution is 0.565. The van der Waals surface area contributed by atoms with Crippen LogP contribution in [0.2, 0.25) is 0 Å². The zero-order valence-electron chi connectivity index (χ0n) is 12.2. The maximum absolute atomic E-state index is 11.5. The summed E-state index contributed by atoms with van der Waals surface area (Å²) in [5.74, 6) is 0.202. The van der Waals surface area contributed by atoms with Gasteiger partial charge < -0.3 is 0 Å². The monoisotopic (exact) mass is 275 g/mol. The summed E-state index contributed by atoms with van der Waals surface area (Å²) in [5.41, 5.74) is 0.617. The molecule has 0 aliphatic carbocycles. The number of rotatable bonds is 11. The Morgan fingerprint density at radius 2 is 1.28 bits per heavy atom. The number of hydrogen-bond donors (Lipinski definition) is 0. The molecule has 0 unspecified atom stereocenters. The average molecular weight is 275 g/mol. The Hall–Kier alpha value is -0.380. The fourth-order valence-electron chi connectivity index (χ4n) is 1.92. The highest BCUT2D eigenvalue weighted by Gasteiger charge is 2.06. The number of unbranched alkanes of at least 4 members (excludes halogenated alkanes) is 8. The molecular weight excluding hydrogens is 246 g/mol. The van der Waals surface area contributed by atoms with E-state index in [1.807, 2.05) is 0 Å². The second kappa shape index (κ2) is 10.5. The lowest BCUT2D eigenvalue weighted by Crippen LogP contribution is -2.04. The van der Waals surface area contributed by atoms with Crippen LogP contribution in [0.5, 0.6) is 0 Å². The van der Waals surface area contributed by atoms with Gasteiger partial charge in [0.25, 0.3) is 10.0 Å². The highest BCUT2D eigenvalue weighted by Crippen LogP contribution is 2.10. The fourth-order valence-corrected chi connectivity index (χ4v) is 3.14. The molecule has 0 aliphatic heterocycles. The third-order valence-electron chi connectivity index (χ3n) is 2.83. The van der Waals surface area contributed by atoms with E-state index in [0.717, 1.165) is 19.3 Å². The van der Waals surface area contributed by atoms with Crippen molar-refractivity contribution in [3.05, 3.63) is 0 Å². The van der Waals surface area contributed by atoms with Crippen molar-refractivity contribution in [2.75, 3.05) is 5.75 Å². The molecular formula is C14H29NO2S. The summed E-state index contributed by atoms with van der Waals surface area (Å²) in [4.78, 5) is 0. The third kappa shape index (κ3) is 12.1. The first-order valence-corrected chi connectivity index (χ1v) is 8.84. The zero-order valence-corrected chi connectivity index (χ0v) is 13.1. The maximum atomic E-state index is 11.5. The molecule has 0 bridgehead atoms. The molecule has 0 aromatic rings. The molecule has 0 saturated heterocycles. The first-order valence-electron chi connectivity index (χ1n) is 7.24. The van der Waals surface area contributed by atoms with Crippen molar-refractivity contribution < 1.29 is 8.42 Å². The summed E-state index contributed by atoms with van der Waals surface area (Å²) >= 11 is 0. The van der Waals surface area contributed by atoms with Gasteiger partial charge in [-0.15, -0.1) is 0 Å². The molecule has 0 aliphatic rings. The predicted molar refractivity (Wildman–Crippen MR) is 79.8 cm³/mol. The zero-order chi connectivity index (χ0) is 13.9. The quantitative estimate of drug-likeness (QED) is 0.416. The second-order valence-corrected chi connectivity index (χ2v) is 6.91. The van der Waals surface area contributed by atoms with Gasteiger partial charge in [-0.05, 0) is 20.3 Å². The van der Waals surface area contributed by atoms with Crippen molar-refractivity contribution in [3.8, 4) is 0 Å². The number of nitrogens with zero attached hydrogens (tertiary/aromatic N) is 1. The summed E-state index contributed by atoms with van der Waals surface area (Å²) in [7, 11) is -3.20. The van der Waals surface area contributed by atoms with Crippen LogP contribution in [0.4, 0.5) is 0 Å². The van der Waals surface area contributed by atoms with Crippen molar-refractivity contribution in [3.63, 3.8) is 0 Å². The highest BCUT2D eigenvalue weighted by atomic mass is 32.2. The van der Waals surface area contributed by atoms with Crippen LogP contribution < -0.4 is 0 Å². The van der Waals surface area contributed by atoms with Crippen LogP contribution in [0.3, 0.4) is 0 Å². The minimum Gasteiger partial charge on any atom is -0.205 e. The molecule has 0 aromatic carbocycles. The molecule has 4 heteroatoms. The molecule has 18 heavy (non-hydrogen) atoms.